The number of nitrogens with zero attached hydrogens (tertiary/aromatic N) is 1. The number of nitrogens with one attached hydrogen (secondary N) is 1. The van der Waals surface area contributed by atoms with Gasteiger partial charge in [0.15, 0.2) is 0 Å². The Morgan fingerprint density at radius 2 is 2.17 bits per heavy atom. The summed E-state index contributed by atoms with van der Waals surface area (Å²) in [5.74, 6) is -1.11. The molecule has 0 saturated carbocycles. The zero-order valence-electron chi connectivity index (χ0n) is 9.68. The molecule has 0 fully saturated rings. The molecule has 1 aromatic carbocycles. The van der Waals surface area contributed by atoms with Crippen LogP contribution in [0.3, 0.4) is 0 Å². The van der Waals surface area contributed by atoms with Gasteiger partial charge in [-0.15, -0.1) is 11.3 Å². The predicted octanol–water partition coefficient (Wildman–Crippen LogP) is 2.96. The highest BCUT2D eigenvalue weighted by Crippen LogP contribution is 2.12. The predicted molar refractivity (Wildman–Crippen MR) is 70.5 cm³/mol. The first-order chi connectivity index (χ1) is 8.68. The molecule has 1 aromatic heterocycles. The Kier molecular flexibility index (Phi) is 3.84. The van der Waals surface area contributed by atoms with Gasteiger partial charge >= 0.3 is 0 Å². The van der Waals surface area contributed by atoms with Crippen molar-refractivity contribution in [3.63, 3.8) is 0 Å². The number of carbonyl (C=O) groups is 1. The normalized spacial score (nSPS) is 10.8. The van der Waals surface area contributed by atoms with Crippen LogP contribution in [-0.4, -0.2) is 12.1 Å². The van der Waals surface area contributed by atoms with Crippen LogP contribution in [0.25, 0.3) is 0 Å². The average molecular weight is 262 g/mol. The van der Waals surface area contributed by atoms with E-state index in [4.69, 9.17) is 0 Å². The number of thiophene rings is 1. The Labute approximate surface area is 108 Å². The molecule has 1 heterocycles. The van der Waals surface area contributed by atoms with Gasteiger partial charge in [-0.2, -0.15) is 5.10 Å². The van der Waals surface area contributed by atoms with Gasteiger partial charge in [0.25, 0.3) is 5.91 Å². The fraction of sp³-hybridized carbons (Fsp3) is 0.0769. The monoisotopic (exact) mass is 262 g/mol. The molecule has 0 atom stereocenters. The van der Waals surface area contributed by atoms with Gasteiger partial charge in [0.05, 0.1) is 11.8 Å². The van der Waals surface area contributed by atoms with Crippen molar-refractivity contribution < 1.29 is 9.18 Å². The quantitative estimate of drug-likeness (QED) is 0.670. The van der Waals surface area contributed by atoms with Crippen LogP contribution in [0, 0.1) is 12.7 Å². The van der Waals surface area contributed by atoms with Gasteiger partial charge in [-0.25, -0.2) is 9.82 Å². The van der Waals surface area contributed by atoms with Crippen molar-refractivity contribution in [3.8, 4) is 0 Å². The van der Waals surface area contributed by atoms with Crippen molar-refractivity contribution in [3.05, 3.63) is 57.5 Å². The summed E-state index contributed by atoms with van der Waals surface area (Å²) >= 11 is 1.53. The number of amides is 1. The standard InChI is InChI=1S/C13H11FN2OS/c1-9-6-7-18-12(9)8-15-16-13(17)10-4-2-3-5-11(10)14/h2-8H,1H3,(H,16,17)/b15-8+. The second-order valence-corrected chi connectivity index (χ2v) is 4.59. The molecule has 0 spiro atoms. The van der Waals surface area contributed by atoms with E-state index in [1.807, 2.05) is 18.4 Å². The van der Waals surface area contributed by atoms with E-state index in [0.717, 1.165) is 10.4 Å². The summed E-state index contributed by atoms with van der Waals surface area (Å²) in [6.07, 6.45) is 1.55. The molecule has 0 bridgehead atoms. The third-order valence-electron chi connectivity index (χ3n) is 2.37. The average Bonchev–Trinajstić information content (AvgIpc) is 2.75. The minimum Gasteiger partial charge on any atom is -0.267 e. The summed E-state index contributed by atoms with van der Waals surface area (Å²) in [5, 5.41) is 5.75. The molecule has 0 aliphatic carbocycles. The highest BCUT2D eigenvalue weighted by molar-refractivity contribution is 7.11. The zero-order chi connectivity index (χ0) is 13.0. The van der Waals surface area contributed by atoms with E-state index in [9.17, 15) is 9.18 Å². The minimum atomic E-state index is -0.558. The van der Waals surface area contributed by atoms with E-state index >= 15 is 0 Å². The molecule has 0 aliphatic heterocycles. The summed E-state index contributed by atoms with van der Waals surface area (Å²) in [5.41, 5.74) is 3.37. The molecule has 2 rings (SSSR count). The lowest BCUT2D eigenvalue weighted by atomic mass is 10.2. The minimum absolute atomic E-state index is 0.0162. The topological polar surface area (TPSA) is 41.5 Å². The Morgan fingerprint density at radius 3 is 2.83 bits per heavy atom. The van der Waals surface area contributed by atoms with E-state index in [2.05, 4.69) is 10.5 Å². The lowest BCUT2D eigenvalue weighted by molar-refractivity contribution is 0.0951. The second kappa shape index (κ2) is 5.55. The lowest BCUT2D eigenvalue weighted by Crippen LogP contribution is -2.18. The molecule has 92 valence electrons. The molecule has 0 radical (unpaired) electrons. The number of halogens is 1. The summed E-state index contributed by atoms with van der Waals surface area (Å²) in [6.45, 7) is 1.95. The van der Waals surface area contributed by atoms with Crippen molar-refractivity contribution >= 4 is 23.5 Å². The largest absolute Gasteiger partial charge is 0.274 e. The SMILES string of the molecule is Cc1ccsc1/C=N/NC(=O)c1ccccc1F. The Balaban J connectivity index is 2.03. The van der Waals surface area contributed by atoms with Gasteiger partial charge in [-0.1, -0.05) is 12.1 Å². The molecule has 0 saturated heterocycles. The smallest absolute Gasteiger partial charge is 0.267 e. The first kappa shape index (κ1) is 12.4. The number of rotatable bonds is 3. The zero-order valence-corrected chi connectivity index (χ0v) is 10.5. The molecule has 5 heteroatoms. The van der Waals surface area contributed by atoms with Crippen molar-refractivity contribution in [1.29, 1.82) is 0 Å². The number of hydrogen-bond acceptors (Lipinski definition) is 3. The van der Waals surface area contributed by atoms with Gasteiger partial charge in [0.1, 0.15) is 5.82 Å². The molecule has 1 amide bonds. The molecule has 0 aliphatic rings. The van der Waals surface area contributed by atoms with Crippen LogP contribution in [-0.2, 0) is 0 Å². The lowest BCUT2D eigenvalue weighted by Gasteiger charge is -2.00. The molecule has 1 N–H and O–H groups in total. The van der Waals surface area contributed by atoms with Crippen LogP contribution in [0.5, 0.6) is 0 Å². The van der Waals surface area contributed by atoms with E-state index in [0.29, 0.717) is 0 Å². The van der Waals surface area contributed by atoms with Gasteiger partial charge < -0.3 is 0 Å². The molecular weight excluding hydrogens is 251 g/mol. The summed E-state index contributed by atoms with van der Waals surface area (Å²) in [4.78, 5) is 12.6. The Bertz CT molecular complexity index is 592. The Hall–Kier alpha value is -2.01. The molecular formula is C13H11FN2OS. The number of benzene rings is 1. The number of carbonyl (C=O) groups excluding carboxylic acids is 1. The molecule has 3 nitrogen and oxygen atoms in total. The van der Waals surface area contributed by atoms with E-state index in [-0.39, 0.29) is 5.56 Å². The van der Waals surface area contributed by atoms with Crippen molar-refractivity contribution in [2.45, 2.75) is 6.92 Å². The summed E-state index contributed by atoms with van der Waals surface area (Å²) in [7, 11) is 0. The van der Waals surface area contributed by atoms with Crippen LogP contribution in [0.1, 0.15) is 20.8 Å². The van der Waals surface area contributed by atoms with Crippen LogP contribution in [0.2, 0.25) is 0 Å². The fourth-order valence-corrected chi connectivity index (χ4v) is 2.16. The summed E-state index contributed by atoms with van der Waals surface area (Å²) < 4.78 is 13.3. The first-order valence-corrected chi connectivity index (χ1v) is 6.18. The van der Waals surface area contributed by atoms with Crippen LogP contribution in [0.15, 0.2) is 40.8 Å². The van der Waals surface area contributed by atoms with Gasteiger partial charge in [0.2, 0.25) is 0 Å². The highest BCUT2D eigenvalue weighted by Gasteiger charge is 2.09. The van der Waals surface area contributed by atoms with Gasteiger partial charge in [-0.3, -0.25) is 4.79 Å². The fourth-order valence-electron chi connectivity index (χ4n) is 1.37. The van der Waals surface area contributed by atoms with E-state index in [1.165, 1.54) is 29.5 Å². The molecule has 0 unspecified atom stereocenters. The number of hydrogen-bond donors (Lipinski definition) is 1. The molecule has 2 aromatic rings. The van der Waals surface area contributed by atoms with Crippen LogP contribution < -0.4 is 5.43 Å². The third-order valence-corrected chi connectivity index (χ3v) is 3.32. The maximum absolute atomic E-state index is 13.3. The number of aryl methyl sites for hydroxylation is 1. The van der Waals surface area contributed by atoms with Crippen LogP contribution >= 0.6 is 11.3 Å². The summed E-state index contributed by atoms with van der Waals surface area (Å²) in [6, 6.07) is 7.75. The first-order valence-electron chi connectivity index (χ1n) is 5.30. The van der Waals surface area contributed by atoms with Gasteiger partial charge in [0, 0.05) is 4.88 Å². The van der Waals surface area contributed by atoms with Gasteiger partial charge in [-0.05, 0) is 36.1 Å². The van der Waals surface area contributed by atoms with Crippen molar-refractivity contribution in [2.75, 3.05) is 0 Å². The third kappa shape index (κ3) is 2.81. The van der Waals surface area contributed by atoms with Crippen LogP contribution in [0.4, 0.5) is 4.39 Å². The molecule has 18 heavy (non-hydrogen) atoms. The van der Waals surface area contributed by atoms with E-state index < -0.39 is 11.7 Å². The maximum Gasteiger partial charge on any atom is 0.274 e. The number of hydrazone groups is 1. The highest BCUT2D eigenvalue weighted by atomic mass is 32.1. The van der Waals surface area contributed by atoms with Crippen molar-refractivity contribution in [2.24, 2.45) is 5.10 Å². The maximum atomic E-state index is 13.3. The van der Waals surface area contributed by atoms with Crippen molar-refractivity contribution in [1.82, 2.24) is 5.43 Å². The van der Waals surface area contributed by atoms with E-state index in [1.54, 1.807) is 12.3 Å². The Morgan fingerprint density at radius 1 is 1.39 bits per heavy atom. The second-order valence-electron chi connectivity index (χ2n) is 3.65.